The Morgan fingerprint density at radius 1 is 1.40 bits per heavy atom. The standard InChI is InChI=1S/C8H14OSi/c1-8(7-9-8)5-6-10(2,3)4/h7H2,1-4H3. The summed E-state index contributed by atoms with van der Waals surface area (Å²) < 4.78 is 5.14. The molecule has 0 saturated carbocycles. The molecule has 1 aliphatic heterocycles. The molecule has 0 radical (unpaired) electrons. The first-order chi connectivity index (χ1) is 4.41. The molecule has 0 bridgehead atoms. The molecule has 0 aromatic rings. The Kier molecular flexibility index (Phi) is 1.66. The Morgan fingerprint density at radius 3 is 2.20 bits per heavy atom. The average molecular weight is 154 g/mol. The van der Waals surface area contributed by atoms with Crippen LogP contribution in [0, 0.1) is 11.5 Å². The third-order valence-electron chi connectivity index (χ3n) is 1.28. The quantitative estimate of drug-likeness (QED) is 0.294. The van der Waals surface area contributed by atoms with Crippen LogP contribution in [0.25, 0.3) is 0 Å². The summed E-state index contributed by atoms with van der Waals surface area (Å²) in [7, 11) is -1.17. The Hall–Kier alpha value is -0.263. The summed E-state index contributed by atoms with van der Waals surface area (Å²) in [5.74, 6) is 3.16. The van der Waals surface area contributed by atoms with Gasteiger partial charge in [-0.3, -0.25) is 0 Å². The van der Waals surface area contributed by atoms with Crippen molar-refractivity contribution in [1.82, 2.24) is 0 Å². The molecule has 56 valence electrons. The second-order valence-corrected chi connectivity index (χ2v) is 8.77. The van der Waals surface area contributed by atoms with E-state index in [0.29, 0.717) is 0 Å². The zero-order chi connectivity index (χ0) is 7.83. The SMILES string of the molecule is CC1(C#C[Si](C)(C)C)CO1. The highest BCUT2D eigenvalue weighted by atomic mass is 28.3. The van der Waals surface area contributed by atoms with Gasteiger partial charge in [-0.15, -0.1) is 5.54 Å². The van der Waals surface area contributed by atoms with Gasteiger partial charge in [-0.2, -0.15) is 0 Å². The molecular formula is C8H14OSi. The lowest BCUT2D eigenvalue weighted by atomic mass is 10.2. The maximum atomic E-state index is 5.14. The van der Waals surface area contributed by atoms with Crippen molar-refractivity contribution in [2.24, 2.45) is 0 Å². The van der Waals surface area contributed by atoms with Gasteiger partial charge in [0.25, 0.3) is 0 Å². The normalized spacial score (nSPS) is 30.8. The van der Waals surface area contributed by atoms with E-state index in [1.165, 1.54) is 0 Å². The third kappa shape index (κ3) is 2.55. The predicted molar refractivity (Wildman–Crippen MR) is 45.5 cm³/mol. The van der Waals surface area contributed by atoms with E-state index in [-0.39, 0.29) is 5.60 Å². The molecule has 0 aromatic carbocycles. The number of epoxide rings is 1. The topological polar surface area (TPSA) is 12.5 Å². The fourth-order valence-corrected chi connectivity index (χ4v) is 1.14. The first-order valence-electron chi connectivity index (χ1n) is 3.60. The lowest BCUT2D eigenvalue weighted by Gasteiger charge is -2.03. The maximum absolute atomic E-state index is 5.14. The van der Waals surface area contributed by atoms with Crippen molar-refractivity contribution >= 4 is 8.07 Å². The molecule has 1 heterocycles. The van der Waals surface area contributed by atoms with Crippen LogP contribution in [0.2, 0.25) is 19.6 Å². The zero-order valence-corrected chi connectivity index (χ0v) is 8.12. The number of ether oxygens (including phenoxy) is 1. The van der Waals surface area contributed by atoms with Crippen LogP contribution in [0.4, 0.5) is 0 Å². The summed E-state index contributed by atoms with van der Waals surface area (Å²) in [5.41, 5.74) is 3.22. The van der Waals surface area contributed by atoms with Crippen molar-refractivity contribution < 1.29 is 4.74 Å². The summed E-state index contributed by atoms with van der Waals surface area (Å²) in [6.45, 7) is 9.59. The molecule has 1 aliphatic rings. The minimum Gasteiger partial charge on any atom is -0.356 e. The molecular weight excluding hydrogens is 140 g/mol. The Labute approximate surface area is 63.8 Å². The molecule has 1 rings (SSSR count). The number of hydrogen-bond acceptors (Lipinski definition) is 1. The second kappa shape index (κ2) is 2.11. The van der Waals surface area contributed by atoms with Crippen LogP contribution in [0.15, 0.2) is 0 Å². The smallest absolute Gasteiger partial charge is 0.148 e. The zero-order valence-electron chi connectivity index (χ0n) is 7.12. The highest BCUT2D eigenvalue weighted by Crippen LogP contribution is 2.24. The van der Waals surface area contributed by atoms with Crippen LogP contribution in [-0.4, -0.2) is 20.3 Å². The van der Waals surface area contributed by atoms with Crippen molar-refractivity contribution in [2.75, 3.05) is 6.61 Å². The van der Waals surface area contributed by atoms with Gasteiger partial charge in [0.05, 0.1) is 6.61 Å². The minimum absolute atomic E-state index is 0.0692. The van der Waals surface area contributed by atoms with Gasteiger partial charge in [0.2, 0.25) is 0 Å². The van der Waals surface area contributed by atoms with Crippen molar-refractivity contribution in [3.8, 4) is 11.5 Å². The monoisotopic (exact) mass is 154 g/mol. The fraction of sp³-hybridized carbons (Fsp3) is 0.750. The van der Waals surface area contributed by atoms with Gasteiger partial charge in [0.15, 0.2) is 0 Å². The van der Waals surface area contributed by atoms with Gasteiger partial charge in [-0.25, -0.2) is 0 Å². The van der Waals surface area contributed by atoms with Gasteiger partial charge in [0.1, 0.15) is 13.7 Å². The molecule has 0 aliphatic carbocycles. The molecule has 0 amide bonds. The van der Waals surface area contributed by atoms with Crippen LogP contribution < -0.4 is 0 Å². The average Bonchev–Trinajstić information content (AvgIpc) is 2.43. The Bertz CT molecular complexity index is 178. The molecule has 1 saturated heterocycles. The van der Waals surface area contributed by atoms with Gasteiger partial charge in [-0.1, -0.05) is 25.6 Å². The maximum Gasteiger partial charge on any atom is 0.148 e. The molecule has 1 unspecified atom stereocenters. The van der Waals surface area contributed by atoms with E-state index >= 15 is 0 Å². The molecule has 10 heavy (non-hydrogen) atoms. The number of rotatable bonds is 0. The second-order valence-electron chi connectivity index (χ2n) is 4.02. The van der Waals surface area contributed by atoms with Gasteiger partial charge in [0, 0.05) is 0 Å². The third-order valence-corrected chi connectivity index (χ3v) is 2.15. The van der Waals surface area contributed by atoms with Gasteiger partial charge < -0.3 is 4.74 Å². The Balaban J connectivity index is 2.54. The fourth-order valence-electron chi connectivity index (χ4n) is 0.500. The minimum atomic E-state index is -1.17. The van der Waals surface area contributed by atoms with Crippen molar-refractivity contribution in [3.63, 3.8) is 0 Å². The van der Waals surface area contributed by atoms with Crippen molar-refractivity contribution in [2.45, 2.75) is 32.2 Å². The van der Waals surface area contributed by atoms with E-state index in [1.807, 2.05) is 6.92 Å². The summed E-state index contributed by atoms with van der Waals surface area (Å²) in [6.07, 6.45) is 0. The lowest BCUT2D eigenvalue weighted by molar-refractivity contribution is 0.378. The van der Waals surface area contributed by atoms with Crippen LogP contribution in [-0.2, 0) is 4.74 Å². The van der Waals surface area contributed by atoms with Crippen LogP contribution in [0.1, 0.15) is 6.92 Å². The van der Waals surface area contributed by atoms with E-state index in [1.54, 1.807) is 0 Å². The molecule has 1 fully saturated rings. The molecule has 0 spiro atoms. The lowest BCUT2D eigenvalue weighted by Crippen LogP contribution is -2.17. The molecule has 2 heteroatoms. The van der Waals surface area contributed by atoms with Crippen molar-refractivity contribution in [1.29, 1.82) is 0 Å². The summed E-state index contributed by atoms with van der Waals surface area (Å²) >= 11 is 0. The van der Waals surface area contributed by atoms with E-state index in [2.05, 4.69) is 31.1 Å². The number of hydrogen-bond donors (Lipinski definition) is 0. The first-order valence-corrected chi connectivity index (χ1v) is 7.10. The highest BCUT2D eigenvalue weighted by Gasteiger charge is 2.37. The van der Waals surface area contributed by atoms with E-state index < -0.39 is 8.07 Å². The van der Waals surface area contributed by atoms with Crippen LogP contribution >= 0.6 is 0 Å². The van der Waals surface area contributed by atoms with E-state index in [0.717, 1.165) is 6.61 Å². The van der Waals surface area contributed by atoms with Gasteiger partial charge in [-0.05, 0) is 6.92 Å². The van der Waals surface area contributed by atoms with Crippen LogP contribution in [0.3, 0.4) is 0 Å². The summed E-state index contributed by atoms with van der Waals surface area (Å²) in [6, 6.07) is 0. The molecule has 0 N–H and O–H groups in total. The first kappa shape index (κ1) is 7.84. The summed E-state index contributed by atoms with van der Waals surface area (Å²) in [4.78, 5) is 0. The molecule has 0 aromatic heterocycles. The largest absolute Gasteiger partial charge is 0.356 e. The summed E-state index contributed by atoms with van der Waals surface area (Å²) in [5, 5.41) is 0. The van der Waals surface area contributed by atoms with Gasteiger partial charge >= 0.3 is 0 Å². The molecule has 1 nitrogen and oxygen atoms in total. The van der Waals surface area contributed by atoms with E-state index in [4.69, 9.17) is 4.74 Å². The van der Waals surface area contributed by atoms with Crippen LogP contribution in [0.5, 0.6) is 0 Å². The molecule has 1 atom stereocenters. The van der Waals surface area contributed by atoms with E-state index in [9.17, 15) is 0 Å². The Morgan fingerprint density at radius 2 is 1.90 bits per heavy atom. The van der Waals surface area contributed by atoms with Crippen molar-refractivity contribution in [3.05, 3.63) is 0 Å². The predicted octanol–water partition coefficient (Wildman–Crippen LogP) is 1.66. The highest BCUT2D eigenvalue weighted by molar-refractivity contribution is 6.83.